The lowest BCUT2D eigenvalue weighted by molar-refractivity contribution is 0.301. The number of halogens is 1. The lowest BCUT2D eigenvalue weighted by Gasteiger charge is -2.18. The van der Waals surface area contributed by atoms with Crippen molar-refractivity contribution in [3.63, 3.8) is 0 Å². The molecule has 0 spiro atoms. The number of nitrogens with one attached hydrogen (secondary N) is 1. The normalized spacial score (nSPS) is 13.4. The van der Waals surface area contributed by atoms with Gasteiger partial charge in [-0.15, -0.1) is 0 Å². The van der Waals surface area contributed by atoms with Crippen LogP contribution in [0.5, 0.6) is 0 Å². The molecular weight excluding hydrogens is 299 g/mol. The monoisotopic (exact) mass is 326 g/mol. The van der Waals surface area contributed by atoms with Crippen LogP contribution in [0.2, 0.25) is 0 Å². The Morgan fingerprint density at radius 3 is 2.33 bits per heavy atom. The van der Waals surface area contributed by atoms with Gasteiger partial charge in [0.05, 0.1) is 0 Å². The quantitative estimate of drug-likeness (QED) is 0.377. The highest BCUT2D eigenvalue weighted by Gasteiger charge is 2.01. The van der Waals surface area contributed by atoms with Gasteiger partial charge in [-0.05, 0) is 42.8 Å². The Bertz CT molecular complexity index is 127. The van der Waals surface area contributed by atoms with Crippen LogP contribution >= 0.6 is 22.6 Å². The van der Waals surface area contributed by atoms with E-state index in [9.17, 15) is 0 Å². The minimum Gasteiger partial charge on any atom is -0.315 e. The summed E-state index contributed by atoms with van der Waals surface area (Å²) < 4.78 is 1.29. The van der Waals surface area contributed by atoms with Gasteiger partial charge in [0.25, 0.3) is 0 Å². The summed E-state index contributed by atoms with van der Waals surface area (Å²) in [6, 6.07) is 0. The molecule has 0 aromatic heterocycles. The van der Waals surface area contributed by atoms with E-state index in [1.165, 1.54) is 43.4 Å². The molecule has 1 N–H and O–H groups in total. The summed E-state index contributed by atoms with van der Waals surface area (Å²) in [6.45, 7) is 12.7. The van der Waals surface area contributed by atoms with E-state index >= 15 is 0 Å². The average Bonchev–Trinajstić information content (AvgIpc) is 2.24. The standard InChI is InChI=1S/C12H27IN2/c1-4-15(5-2)11-10-14-9-7-12(3)6-8-13/h12,14H,4-11H2,1-3H3/t12-/m0/s1. The molecule has 0 amide bonds. The molecule has 0 radical (unpaired) electrons. The topological polar surface area (TPSA) is 15.3 Å². The van der Waals surface area contributed by atoms with Gasteiger partial charge in [-0.3, -0.25) is 0 Å². The van der Waals surface area contributed by atoms with Crippen molar-refractivity contribution in [2.45, 2.75) is 33.6 Å². The predicted molar refractivity (Wildman–Crippen MR) is 77.9 cm³/mol. The Labute approximate surface area is 109 Å². The van der Waals surface area contributed by atoms with Crippen LogP contribution in [-0.4, -0.2) is 42.1 Å². The van der Waals surface area contributed by atoms with Gasteiger partial charge in [-0.25, -0.2) is 0 Å². The molecular formula is C12H27IN2. The van der Waals surface area contributed by atoms with E-state index in [0.717, 1.165) is 12.5 Å². The number of likely N-dealkylation sites (N-methyl/N-ethyl adjacent to an activating group) is 1. The second kappa shape index (κ2) is 11.1. The van der Waals surface area contributed by atoms with E-state index in [4.69, 9.17) is 0 Å². The molecule has 0 unspecified atom stereocenters. The molecule has 0 rings (SSSR count). The first-order valence-electron chi connectivity index (χ1n) is 6.23. The summed E-state index contributed by atoms with van der Waals surface area (Å²) in [5, 5.41) is 3.53. The molecule has 15 heavy (non-hydrogen) atoms. The SMILES string of the molecule is CCN(CC)CCNCC[C@@H](C)CCI. The van der Waals surface area contributed by atoms with Crippen LogP contribution in [0.3, 0.4) is 0 Å². The molecule has 0 aliphatic rings. The van der Waals surface area contributed by atoms with Crippen molar-refractivity contribution in [1.82, 2.24) is 10.2 Å². The molecule has 0 aromatic rings. The third-order valence-electron chi connectivity index (χ3n) is 2.92. The van der Waals surface area contributed by atoms with Crippen molar-refractivity contribution >= 4 is 22.6 Å². The fourth-order valence-corrected chi connectivity index (χ4v) is 2.64. The van der Waals surface area contributed by atoms with Crippen LogP contribution in [0, 0.1) is 5.92 Å². The first-order valence-corrected chi connectivity index (χ1v) is 7.76. The average molecular weight is 326 g/mol. The molecule has 2 nitrogen and oxygen atoms in total. The zero-order valence-corrected chi connectivity index (χ0v) is 12.7. The molecule has 0 aliphatic heterocycles. The molecule has 0 bridgehead atoms. The first kappa shape index (κ1) is 15.7. The van der Waals surface area contributed by atoms with Crippen molar-refractivity contribution in [3.05, 3.63) is 0 Å². The number of nitrogens with zero attached hydrogens (tertiary/aromatic N) is 1. The van der Waals surface area contributed by atoms with Crippen molar-refractivity contribution < 1.29 is 0 Å². The van der Waals surface area contributed by atoms with E-state index in [-0.39, 0.29) is 0 Å². The van der Waals surface area contributed by atoms with Crippen molar-refractivity contribution in [2.75, 3.05) is 37.2 Å². The fraction of sp³-hybridized carbons (Fsp3) is 1.00. The van der Waals surface area contributed by atoms with Gasteiger partial charge in [0, 0.05) is 13.1 Å². The van der Waals surface area contributed by atoms with Gasteiger partial charge in [-0.1, -0.05) is 43.4 Å². The largest absolute Gasteiger partial charge is 0.315 e. The molecule has 1 atom stereocenters. The van der Waals surface area contributed by atoms with Crippen LogP contribution < -0.4 is 5.32 Å². The van der Waals surface area contributed by atoms with Crippen molar-refractivity contribution in [2.24, 2.45) is 5.92 Å². The predicted octanol–water partition coefficient (Wildman–Crippen LogP) is 2.77. The zero-order valence-electron chi connectivity index (χ0n) is 10.6. The van der Waals surface area contributed by atoms with E-state index < -0.39 is 0 Å². The van der Waals surface area contributed by atoms with Crippen molar-refractivity contribution in [3.8, 4) is 0 Å². The number of alkyl halides is 1. The van der Waals surface area contributed by atoms with E-state index in [2.05, 4.69) is 53.6 Å². The zero-order chi connectivity index (χ0) is 11.5. The van der Waals surface area contributed by atoms with E-state index in [0.29, 0.717) is 0 Å². The third kappa shape index (κ3) is 9.57. The highest BCUT2D eigenvalue weighted by atomic mass is 127. The van der Waals surface area contributed by atoms with Crippen LogP contribution in [0.15, 0.2) is 0 Å². The fourth-order valence-electron chi connectivity index (χ4n) is 1.58. The second-order valence-electron chi connectivity index (χ2n) is 4.15. The van der Waals surface area contributed by atoms with Gasteiger partial charge in [0.15, 0.2) is 0 Å². The smallest absolute Gasteiger partial charge is 0.0107 e. The molecule has 0 saturated heterocycles. The minimum absolute atomic E-state index is 0.878. The second-order valence-corrected chi connectivity index (χ2v) is 5.23. The molecule has 0 aromatic carbocycles. The van der Waals surface area contributed by atoms with Gasteiger partial charge < -0.3 is 10.2 Å². The summed E-state index contributed by atoms with van der Waals surface area (Å²) in [5.41, 5.74) is 0. The molecule has 0 saturated carbocycles. The number of hydrogen-bond donors (Lipinski definition) is 1. The maximum absolute atomic E-state index is 3.53. The van der Waals surface area contributed by atoms with Gasteiger partial charge in [0.2, 0.25) is 0 Å². The third-order valence-corrected chi connectivity index (χ3v) is 3.54. The first-order chi connectivity index (χ1) is 7.24. The lowest BCUT2D eigenvalue weighted by Crippen LogP contribution is -2.32. The Balaban J connectivity index is 3.23. The van der Waals surface area contributed by atoms with Gasteiger partial charge in [-0.2, -0.15) is 0 Å². The van der Waals surface area contributed by atoms with Gasteiger partial charge >= 0.3 is 0 Å². The van der Waals surface area contributed by atoms with Gasteiger partial charge in [0.1, 0.15) is 0 Å². The Hall–Kier alpha value is 0.650. The van der Waals surface area contributed by atoms with Crippen molar-refractivity contribution in [1.29, 1.82) is 0 Å². The van der Waals surface area contributed by atoms with Crippen LogP contribution in [0.25, 0.3) is 0 Å². The molecule has 92 valence electrons. The summed E-state index contributed by atoms with van der Waals surface area (Å²) in [7, 11) is 0. The highest BCUT2D eigenvalue weighted by molar-refractivity contribution is 14.1. The Morgan fingerprint density at radius 1 is 1.13 bits per heavy atom. The number of rotatable bonds is 10. The minimum atomic E-state index is 0.878. The molecule has 3 heteroatoms. The summed E-state index contributed by atoms with van der Waals surface area (Å²) in [4.78, 5) is 2.46. The van der Waals surface area contributed by atoms with Crippen LogP contribution in [0.4, 0.5) is 0 Å². The lowest BCUT2D eigenvalue weighted by atomic mass is 10.1. The van der Waals surface area contributed by atoms with Crippen LogP contribution in [0.1, 0.15) is 33.6 Å². The maximum atomic E-state index is 3.53. The molecule has 0 heterocycles. The van der Waals surface area contributed by atoms with E-state index in [1.54, 1.807) is 0 Å². The highest BCUT2D eigenvalue weighted by Crippen LogP contribution is 2.07. The maximum Gasteiger partial charge on any atom is 0.0107 e. The Morgan fingerprint density at radius 2 is 1.80 bits per heavy atom. The summed E-state index contributed by atoms with van der Waals surface area (Å²) in [6.07, 6.45) is 2.68. The summed E-state index contributed by atoms with van der Waals surface area (Å²) >= 11 is 2.46. The Kier molecular flexibility index (Phi) is 11.6. The van der Waals surface area contributed by atoms with Crippen LogP contribution in [-0.2, 0) is 0 Å². The summed E-state index contributed by atoms with van der Waals surface area (Å²) in [5.74, 6) is 0.878. The molecule has 0 aliphatic carbocycles. The van der Waals surface area contributed by atoms with E-state index in [1.807, 2.05) is 0 Å². The number of hydrogen-bond acceptors (Lipinski definition) is 2. The molecule has 0 fully saturated rings.